The summed E-state index contributed by atoms with van der Waals surface area (Å²) in [6.45, 7) is 6.01. The van der Waals surface area contributed by atoms with Crippen molar-refractivity contribution in [2.24, 2.45) is 0 Å². The Kier molecular flexibility index (Phi) is 3.00. The molecule has 1 unspecified atom stereocenters. The molecule has 2 rings (SSSR count). The molecule has 0 saturated carbocycles. The number of rotatable bonds is 3. The van der Waals surface area contributed by atoms with E-state index in [1.54, 1.807) is 0 Å². The molecule has 0 aromatic heterocycles. The lowest BCUT2D eigenvalue weighted by molar-refractivity contribution is 0.383. The number of para-hydroxylation sites is 1. The summed E-state index contributed by atoms with van der Waals surface area (Å²) in [6.07, 6.45) is 7.48. The summed E-state index contributed by atoms with van der Waals surface area (Å²) >= 11 is 0. The molecule has 16 heavy (non-hydrogen) atoms. The summed E-state index contributed by atoms with van der Waals surface area (Å²) in [5.41, 5.74) is 2.60. The van der Waals surface area contributed by atoms with Gasteiger partial charge in [-0.2, -0.15) is 0 Å². The molecule has 1 atom stereocenters. The molecule has 84 valence electrons. The zero-order valence-electron chi connectivity index (χ0n) is 9.93. The maximum atomic E-state index is 3.81. The molecule has 1 aromatic carbocycles. The van der Waals surface area contributed by atoms with Gasteiger partial charge in [-0.05, 0) is 25.0 Å². The van der Waals surface area contributed by atoms with Crippen molar-refractivity contribution in [3.63, 3.8) is 0 Å². The number of hydrogen-bond acceptors (Lipinski definition) is 2. The van der Waals surface area contributed by atoms with Crippen molar-refractivity contribution in [3.05, 3.63) is 54.9 Å². The SMILES string of the molecule is C=CCc1ccccc1N1C=CN(C)C1C. The monoisotopic (exact) mass is 214 g/mol. The second-order valence-corrected chi connectivity index (χ2v) is 4.12. The third-order valence-electron chi connectivity index (χ3n) is 3.09. The maximum Gasteiger partial charge on any atom is 0.102 e. The summed E-state index contributed by atoms with van der Waals surface area (Å²) in [5, 5.41) is 0. The van der Waals surface area contributed by atoms with E-state index in [9.17, 15) is 0 Å². The minimum absolute atomic E-state index is 0.381. The van der Waals surface area contributed by atoms with Crippen molar-refractivity contribution in [2.75, 3.05) is 11.9 Å². The quantitative estimate of drug-likeness (QED) is 0.714. The lowest BCUT2D eigenvalue weighted by Gasteiger charge is -2.28. The third-order valence-corrected chi connectivity index (χ3v) is 3.09. The standard InChI is InChI=1S/C14H18N2/c1-4-7-13-8-5-6-9-14(13)16-11-10-15(3)12(16)2/h4-6,8-12H,1,7H2,2-3H3. The van der Waals surface area contributed by atoms with Crippen molar-refractivity contribution in [1.82, 2.24) is 4.90 Å². The lowest BCUT2D eigenvalue weighted by Crippen LogP contribution is -2.33. The fraction of sp³-hybridized carbons (Fsp3) is 0.286. The Morgan fingerprint density at radius 2 is 2.06 bits per heavy atom. The van der Waals surface area contributed by atoms with Crippen LogP contribution in [0.5, 0.6) is 0 Å². The Hall–Kier alpha value is -1.70. The third kappa shape index (κ3) is 1.83. The number of nitrogens with zero attached hydrogens (tertiary/aromatic N) is 2. The average Bonchev–Trinajstić information content (AvgIpc) is 2.61. The number of benzene rings is 1. The van der Waals surface area contributed by atoms with Crippen LogP contribution in [0.2, 0.25) is 0 Å². The molecule has 0 N–H and O–H groups in total. The van der Waals surface area contributed by atoms with Crippen LogP contribution in [0, 0.1) is 0 Å². The number of anilines is 1. The molecule has 0 bridgehead atoms. The second-order valence-electron chi connectivity index (χ2n) is 4.12. The lowest BCUT2D eigenvalue weighted by atomic mass is 10.1. The van der Waals surface area contributed by atoms with E-state index in [1.807, 2.05) is 6.08 Å². The smallest absolute Gasteiger partial charge is 0.102 e. The van der Waals surface area contributed by atoms with Gasteiger partial charge < -0.3 is 9.80 Å². The molecule has 0 spiro atoms. The highest BCUT2D eigenvalue weighted by Crippen LogP contribution is 2.27. The van der Waals surface area contributed by atoms with E-state index < -0.39 is 0 Å². The van der Waals surface area contributed by atoms with Crippen LogP contribution >= 0.6 is 0 Å². The van der Waals surface area contributed by atoms with Gasteiger partial charge in [-0.1, -0.05) is 24.3 Å². The molecule has 0 saturated heterocycles. The van der Waals surface area contributed by atoms with E-state index >= 15 is 0 Å². The van der Waals surface area contributed by atoms with Crippen LogP contribution in [-0.4, -0.2) is 18.1 Å². The summed E-state index contributed by atoms with van der Waals surface area (Å²) in [5.74, 6) is 0. The van der Waals surface area contributed by atoms with Gasteiger partial charge in [0.15, 0.2) is 0 Å². The molecule has 0 fully saturated rings. The fourth-order valence-corrected chi connectivity index (χ4v) is 1.99. The van der Waals surface area contributed by atoms with Crippen LogP contribution in [0.25, 0.3) is 0 Å². The van der Waals surface area contributed by atoms with E-state index in [-0.39, 0.29) is 0 Å². The molecule has 1 heterocycles. The summed E-state index contributed by atoms with van der Waals surface area (Å²) in [6, 6.07) is 8.49. The van der Waals surface area contributed by atoms with Gasteiger partial charge in [0, 0.05) is 25.1 Å². The van der Waals surface area contributed by atoms with E-state index in [0.717, 1.165) is 6.42 Å². The van der Waals surface area contributed by atoms with Gasteiger partial charge in [-0.15, -0.1) is 6.58 Å². The Bertz CT molecular complexity index is 409. The molecule has 1 aliphatic heterocycles. The molecule has 0 radical (unpaired) electrons. The summed E-state index contributed by atoms with van der Waals surface area (Å²) in [4.78, 5) is 4.49. The van der Waals surface area contributed by atoms with Gasteiger partial charge in [0.2, 0.25) is 0 Å². The first-order valence-electron chi connectivity index (χ1n) is 5.61. The van der Waals surface area contributed by atoms with Crippen molar-refractivity contribution in [1.29, 1.82) is 0 Å². The Morgan fingerprint density at radius 3 is 2.69 bits per heavy atom. The fourth-order valence-electron chi connectivity index (χ4n) is 1.99. The van der Waals surface area contributed by atoms with Gasteiger partial charge in [0.05, 0.1) is 0 Å². The van der Waals surface area contributed by atoms with Crippen molar-refractivity contribution in [2.45, 2.75) is 19.5 Å². The van der Waals surface area contributed by atoms with E-state index in [2.05, 4.69) is 67.0 Å². The van der Waals surface area contributed by atoms with Gasteiger partial charge in [0.1, 0.15) is 6.17 Å². The normalized spacial score (nSPS) is 19.2. The average molecular weight is 214 g/mol. The van der Waals surface area contributed by atoms with E-state index in [4.69, 9.17) is 0 Å². The molecule has 1 aromatic rings. The zero-order valence-corrected chi connectivity index (χ0v) is 9.93. The first kappa shape index (κ1) is 10.8. The van der Waals surface area contributed by atoms with Gasteiger partial charge >= 0.3 is 0 Å². The molecule has 0 aliphatic carbocycles. The van der Waals surface area contributed by atoms with Gasteiger partial charge in [0.25, 0.3) is 0 Å². The highest BCUT2D eigenvalue weighted by atomic mass is 15.4. The van der Waals surface area contributed by atoms with E-state index in [1.165, 1.54) is 11.3 Å². The van der Waals surface area contributed by atoms with Gasteiger partial charge in [-0.3, -0.25) is 0 Å². The van der Waals surface area contributed by atoms with Gasteiger partial charge in [-0.25, -0.2) is 0 Å². The van der Waals surface area contributed by atoms with Crippen LogP contribution < -0.4 is 4.90 Å². The first-order valence-corrected chi connectivity index (χ1v) is 5.61. The van der Waals surface area contributed by atoms with Crippen molar-refractivity contribution < 1.29 is 0 Å². The Labute approximate surface area is 97.5 Å². The molecular formula is C14H18N2. The minimum Gasteiger partial charge on any atom is -0.359 e. The first-order chi connectivity index (χ1) is 7.74. The van der Waals surface area contributed by atoms with Crippen LogP contribution in [0.3, 0.4) is 0 Å². The zero-order chi connectivity index (χ0) is 11.5. The highest BCUT2D eigenvalue weighted by molar-refractivity contribution is 5.58. The molecular weight excluding hydrogens is 196 g/mol. The summed E-state index contributed by atoms with van der Waals surface area (Å²) in [7, 11) is 2.09. The van der Waals surface area contributed by atoms with Crippen molar-refractivity contribution >= 4 is 5.69 Å². The molecule has 2 nitrogen and oxygen atoms in total. The van der Waals surface area contributed by atoms with Crippen LogP contribution in [0.15, 0.2) is 49.3 Å². The van der Waals surface area contributed by atoms with Crippen LogP contribution in [0.1, 0.15) is 12.5 Å². The molecule has 1 aliphatic rings. The van der Waals surface area contributed by atoms with E-state index in [0.29, 0.717) is 6.17 Å². The van der Waals surface area contributed by atoms with Crippen LogP contribution in [-0.2, 0) is 6.42 Å². The highest BCUT2D eigenvalue weighted by Gasteiger charge is 2.21. The minimum atomic E-state index is 0.381. The summed E-state index contributed by atoms with van der Waals surface area (Å²) < 4.78 is 0. The number of allylic oxidation sites excluding steroid dienone is 1. The Morgan fingerprint density at radius 1 is 1.31 bits per heavy atom. The predicted octanol–water partition coefficient (Wildman–Crippen LogP) is 2.98. The Balaban J connectivity index is 2.33. The predicted molar refractivity (Wildman–Crippen MR) is 69.2 cm³/mol. The second kappa shape index (κ2) is 4.44. The largest absolute Gasteiger partial charge is 0.359 e. The topological polar surface area (TPSA) is 6.48 Å². The van der Waals surface area contributed by atoms with Crippen molar-refractivity contribution in [3.8, 4) is 0 Å². The molecule has 0 amide bonds. The molecule has 2 heteroatoms. The van der Waals surface area contributed by atoms with Crippen LogP contribution in [0.4, 0.5) is 5.69 Å². The number of hydrogen-bond donors (Lipinski definition) is 0. The maximum absolute atomic E-state index is 3.81.